The molecule has 0 aliphatic heterocycles. The zero-order valence-corrected chi connectivity index (χ0v) is 14.0. The topological polar surface area (TPSA) is 38.3 Å². The van der Waals surface area contributed by atoms with Crippen molar-refractivity contribution in [3.05, 3.63) is 63.1 Å². The van der Waals surface area contributed by atoms with E-state index in [0.29, 0.717) is 10.6 Å². The Morgan fingerprint density at radius 1 is 1.29 bits per heavy atom. The van der Waals surface area contributed by atoms with E-state index >= 15 is 0 Å². The first-order chi connectivity index (χ1) is 10.0. The number of amides is 1. The summed E-state index contributed by atoms with van der Waals surface area (Å²) in [4.78, 5) is 12.3. The van der Waals surface area contributed by atoms with Crippen molar-refractivity contribution in [2.45, 2.75) is 13.0 Å². The SMILES string of the molecule is COc1ccccc1C(C)NC(=O)c1ccc(Br)c(Cl)c1. The minimum Gasteiger partial charge on any atom is -0.496 e. The lowest BCUT2D eigenvalue weighted by Gasteiger charge is -2.17. The number of ether oxygens (including phenoxy) is 1. The summed E-state index contributed by atoms with van der Waals surface area (Å²) in [5.74, 6) is 0.571. The van der Waals surface area contributed by atoms with Gasteiger partial charge in [-0.05, 0) is 47.1 Å². The minimum absolute atomic E-state index is 0.170. The molecule has 0 bridgehead atoms. The van der Waals surface area contributed by atoms with Crippen LogP contribution in [0.3, 0.4) is 0 Å². The second-order valence-corrected chi connectivity index (χ2v) is 5.83. The Bertz CT molecular complexity index is 660. The van der Waals surface area contributed by atoms with E-state index < -0.39 is 0 Å². The van der Waals surface area contributed by atoms with Crippen molar-refractivity contribution in [3.63, 3.8) is 0 Å². The summed E-state index contributed by atoms with van der Waals surface area (Å²) in [5, 5.41) is 3.45. The van der Waals surface area contributed by atoms with Gasteiger partial charge in [0.05, 0.1) is 18.2 Å². The van der Waals surface area contributed by atoms with Gasteiger partial charge < -0.3 is 10.1 Å². The highest BCUT2D eigenvalue weighted by molar-refractivity contribution is 9.10. The predicted octanol–water partition coefficient (Wildman–Crippen LogP) is 4.60. The molecular formula is C16H15BrClNO2. The largest absolute Gasteiger partial charge is 0.496 e. The van der Waals surface area contributed by atoms with Gasteiger partial charge >= 0.3 is 0 Å². The molecule has 0 fully saturated rings. The van der Waals surface area contributed by atoms with Crippen molar-refractivity contribution in [2.75, 3.05) is 7.11 Å². The summed E-state index contributed by atoms with van der Waals surface area (Å²) < 4.78 is 6.07. The molecule has 1 atom stereocenters. The van der Waals surface area contributed by atoms with Gasteiger partial charge in [-0.2, -0.15) is 0 Å². The normalized spacial score (nSPS) is 11.8. The van der Waals surface area contributed by atoms with E-state index in [1.165, 1.54) is 0 Å². The fourth-order valence-corrected chi connectivity index (χ4v) is 2.45. The molecule has 2 rings (SSSR count). The van der Waals surface area contributed by atoms with Gasteiger partial charge in [-0.3, -0.25) is 4.79 Å². The first kappa shape index (κ1) is 15.9. The maximum atomic E-state index is 12.3. The molecule has 1 amide bonds. The van der Waals surface area contributed by atoms with Crippen LogP contribution in [0.1, 0.15) is 28.9 Å². The molecular weight excluding hydrogens is 354 g/mol. The number of halogens is 2. The van der Waals surface area contributed by atoms with Crippen LogP contribution in [-0.2, 0) is 0 Å². The van der Waals surface area contributed by atoms with Gasteiger partial charge in [-0.1, -0.05) is 29.8 Å². The van der Waals surface area contributed by atoms with E-state index in [0.717, 1.165) is 15.8 Å². The van der Waals surface area contributed by atoms with Crippen LogP contribution in [0.15, 0.2) is 46.9 Å². The predicted molar refractivity (Wildman–Crippen MR) is 88.0 cm³/mol. The van der Waals surface area contributed by atoms with E-state index in [1.54, 1.807) is 25.3 Å². The second kappa shape index (κ2) is 6.96. The van der Waals surface area contributed by atoms with Crippen LogP contribution >= 0.6 is 27.5 Å². The van der Waals surface area contributed by atoms with Crippen molar-refractivity contribution in [2.24, 2.45) is 0 Å². The van der Waals surface area contributed by atoms with Crippen molar-refractivity contribution in [3.8, 4) is 5.75 Å². The maximum Gasteiger partial charge on any atom is 0.251 e. The van der Waals surface area contributed by atoms with Gasteiger partial charge in [0, 0.05) is 15.6 Å². The van der Waals surface area contributed by atoms with E-state index in [-0.39, 0.29) is 11.9 Å². The van der Waals surface area contributed by atoms with Crippen LogP contribution in [0.5, 0.6) is 5.75 Å². The molecule has 0 saturated heterocycles. The number of methoxy groups -OCH3 is 1. The van der Waals surface area contributed by atoms with Crippen molar-refractivity contribution < 1.29 is 9.53 Å². The lowest BCUT2D eigenvalue weighted by Crippen LogP contribution is -2.26. The molecule has 21 heavy (non-hydrogen) atoms. The van der Waals surface area contributed by atoms with Gasteiger partial charge in [0.15, 0.2) is 0 Å². The lowest BCUT2D eigenvalue weighted by atomic mass is 10.1. The third kappa shape index (κ3) is 3.77. The highest BCUT2D eigenvalue weighted by atomic mass is 79.9. The van der Waals surface area contributed by atoms with Crippen molar-refractivity contribution in [1.29, 1.82) is 0 Å². The quantitative estimate of drug-likeness (QED) is 0.856. The minimum atomic E-state index is -0.178. The van der Waals surface area contributed by atoms with E-state index in [1.807, 2.05) is 31.2 Å². The summed E-state index contributed by atoms with van der Waals surface area (Å²) in [6.07, 6.45) is 0. The number of para-hydroxylation sites is 1. The Labute approximate surface area is 137 Å². The van der Waals surface area contributed by atoms with Crippen LogP contribution in [0.2, 0.25) is 5.02 Å². The first-order valence-electron chi connectivity index (χ1n) is 6.41. The van der Waals surface area contributed by atoms with Crippen LogP contribution < -0.4 is 10.1 Å². The fraction of sp³-hybridized carbons (Fsp3) is 0.188. The molecule has 0 spiro atoms. The smallest absolute Gasteiger partial charge is 0.251 e. The third-order valence-electron chi connectivity index (χ3n) is 3.13. The van der Waals surface area contributed by atoms with Crippen LogP contribution in [0.4, 0.5) is 0 Å². The van der Waals surface area contributed by atoms with Crippen LogP contribution in [-0.4, -0.2) is 13.0 Å². The molecule has 2 aromatic rings. The number of hydrogen-bond donors (Lipinski definition) is 1. The third-order valence-corrected chi connectivity index (χ3v) is 4.37. The Morgan fingerprint density at radius 2 is 2.00 bits per heavy atom. The summed E-state index contributed by atoms with van der Waals surface area (Å²) >= 11 is 9.32. The molecule has 1 unspecified atom stereocenters. The first-order valence-corrected chi connectivity index (χ1v) is 7.59. The van der Waals surface area contributed by atoms with E-state index in [2.05, 4.69) is 21.2 Å². The number of carbonyl (C=O) groups is 1. The van der Waals surface area contributed by atoms with Crippen LogP contribution in [0, 0.1) is 0 Å². The summed E-state index contributed by atoms with van der Waals surface area (Å²) in [6, 6.07) is 12.5. The summed E-state index contributed by atoms with van der Waals surface area (Å²) in [7, 11) is 1.61. The maximum absolute atomic E-state index is 12.3. The molecule has 1 N–H and O–H groups in total. The summed E-state index contributed by atoms with van der Waals surface area (Å²) in [6.45, 7) is 1.91. The average Bonchev–Trinajstić information content (AvgIpc) is 2.49. The Hall–Kier alpha value is -1.52. The van der Waals surface area contributed by atoms with Crippen molar-refractivity contribution >= 4 is 33.4 Å². The molecule has 3 nitrogen and oxygen atoms in total. The molecule has 5 heteroatoms. The highest BCUT2D eigenvalue weighted by Crippen LogP contribution is 2.26. The van der Waals surface area contributed by atoms with E-state index in [9.17, 15) is 4.79 Å². The summed E-state index contributed by atoms with van der Waals surface area (Å²) in [5.41, 5.74) is 1.45. The monoisotopic (exact) mass is 367 g/mol. The standard InChI is InChI=1S/C16H15BrClNO2/c1-10(12-5-3-4-6-15(12)21-2)19-16(20)11-7-8-13(17)14(18)9-11/h3-10H,1-2H3,(H,19,20). The molecule has 110 valence electrons. The molecule has 0 heterocycles. The molecule has 0 aliphatic carbocycles. The Morgan fingerprint density at radius 3 is 2.67 bits per heavy atom. The van der Waals surface area contributed by atoms with Crippen LogP contribution in [0.25, 0.3) is 0 Å². The zero-order valence-electron chi connectivity index (χ0n) is 11.7. The number of nitrogens with one attached hydrogen (secondary N) is 1. The van der Waals surface area contributed by atoms with Gasteiger partial charge in [-0.25, -0.2) is 0 Å². The zero-order chi connectivity index (χ0) is 15.4. The Kier molecular flexibility index (Phi) is 5.26. The molecule has 0 saturated carbocycles. The van der Waals surface area contributed by atoms with Gasteiger partial charge in [0.25, 0.3) is 5.91 Å². The van der Waals surface area contributed by atoms with Gasteiger partial charge in [-0.15, -0.1) is 0 Å². The second-order valence-electron chi connectivity index (χ2n) is 4.57. The lowest BCUT2D eigenvalue weighted by molar-refractivity contribution is 0.0939. The van der Waals surface area contributed by atoms with Gasteiger partial charge in [0.1, 0.15) is 5.75 Å². The fourth-order valence-electron chi connectivity index (χ4n) is 2.02. The highest BCUT2D eigenvalue weighted by Gasteiger charge is 2.15. The van der Waals surface area contributed by atoms with Crippen molar-refractivity contribution in [1.82, 2.24) is 5.32 Å². The number of rotatable bonds is 4. The average molecular weight is 369 g/mol. The number of benzene rings is 2. The van der Waals surface area contributed by atoms with E-state index in [4.69, 9.17) is 16.3 Å². The molecule has 0 radical (unpaired) electrons. The van der Waals surface area contributed by atoms with Gasteiger partial charge in [0.2, 0.25) is 0 Å². The number of carbonyl (C=O) groups excluding carboxylic acids is 1. The number of hydrogen-bond acceptors (Lipinski definition) is 2. The molecule has 2 aromatic carbocycles. The molecule has 0 aromatic heterocycles. The molecule has 0 aliphatic rings. The Balaban J connectivity index is 2.16.